The molecular formula is C12H18N4O2. The van der Waals surface area contributed by atoms with Crippen LogP contribution in [-0.2, 0) is 4.79 Å². The zero-order valence-electron chi connectivity index (χ0n) is 10.6. The van der Waals surface area contributed by atoms with Gasteiger partial charge in [0.2, 0.25) is 11.9 Å². The van der Waals surface area contributed by atoms with Crippen LogP contribution in [0.15, 0.2) is 18.5 Å². The number of aliphatic hydroxyl groups excluding tert-OH is 1. The van der Waals surface area contributed by atoms with Crippen LogP contribution < -0.4 is 5.73 Å². The number of carbonyl (C=O) groups excluding carboxylic acids is 1. The fourth-order valence-electron chi connectivity index (χ4n) is 1.48. The van der Waals surface area contributed by atoms with E-state index in [1.165, 1.54) is 18.5 Å². The Balaban J connectivity index is 2.71. The molecule has 0 fully saturated rings. The second kappa shape index (κ2) is 6.70. The summed E-state index contributed by atoms with van der Waals surface area (Å²) >= 11 is 0. The molecule has 0 aliphatic carbocycles. The molecule has 98 valence electrons. The molecule has 0 spiro atoms. The first kappa shape index (κ1) is 14.1. The van der Waals surface area contributed by atoms with Gasteiger partial charge in [0.25, 0.3) is 0 Å². The molecule has 6 nitrogen and oxygen atoms in total. The van der Waals surface area contributed by atoms with Crippen LogP contribution in [0, 0.1) is 0 Å². The lowest BCUT2D eigenvalue weighted by molar-refractivity contribution is -0.128. The molecule has 0 saturated heterocycles. The number of nitrogens with two attached hydrogens (primary N) is 1. The number of hydrogen-bond acceptors (Lipinski definition) is 5. The fourth-order valence-corrected chi connectivity index (χ4v) is 1.48. The average molecular weight is 250 g/mol. The summed E-state index contributed by atoms with van der Waals surface area (Å²) in [4.78, 5) is 21.1. The summed E-state index contributed by atoms with van der Waals surface area (Å²) < 4.78 is 0. The number of aliphatic hydroxyl groups is 1. The number of likely N-dealkylation sites (N-methyl/N-ethyl adjacent to an activating group) is 1. The maximum Gasteiger partial charge on any atom is 0.246 e. The van der Waals surface area contributed by atoms with Crippen molar-refractivity contribution in [3.63, 3.8) is 0 Å². The number of anilines is 1. The molecule has 18 heavy (non-hydrogen) atoms. The number of rotatable bonds is 5. The first-order valence-electron chi connectivity index (χ1n) is 5.75. The van der Waals surface area contributed by atoms with E-state index in [2.05, 4.69) is 9.97 Å². The predicted octanol–water partition coefficient (Wildman–Crippen LogP) is 0.301. The topological polar surface area (TPSA) is 92.3 Å². The van der Waals surface area contributed by atoms with Gasteiger partial charge < -0.3 is 15.7 Å². The molecule has 1 atom stereocenters. The third kappa shape index (κ3) is 3.81. The summed E-state index contributed by atoms with van der Waals surface area (Å²) in [6.45, 7) is 4.15. The van der Waals surface area contributed by atoms with E-state index in [9.17, 15) is 4.79 Å². The molecule has 0 saturated carbocycles. The minimum Gasteiger partial charge on any atom is -0.394 e. The summed E-state index contributed by atoms with van der Waals surface area (Å²) in [6, 6.07) is -0.199. The van der Waals surface area contributed by atoms with E-state index in [-0.39, 0.29) is 24.5 Å². The van der Waals surface area contributed by atoms with Gasteiger partial charge in [-0.15, -0.1) is 0 Å². The Morgan fingerprint density at radius 1 is 1.56 bits per heavy atom. The zero-order chi connectivity index (χ0) is 13.5. The Labute approximate surface area is 106 Å². The minimum atomic E-state index is -0.199. The zero-order valence-corrected chi connectivity index (χ0v) is 10.6. The monoisotopic (exact) mass is 250 g/mol. The molecule has 1 unspecified atom stereocenters. The van der Waals surface area contributed by atoms with Crippen molar-refractivity contribution in [3.05, 3.63) is 24.0 Å². The number of nitrogens with zero attached hydrogens (tertiary/aromatic N) is 3. The van der Waals surface area contributed by atoms with Gasteiger partial charge in [0.15, 0.2) is 0 Å². The van der Waals surface area contributed by atoms with Gasteiger partial charge in [0.1, 0.15) is 0 Å². The highest BCUT2D eigenvalue weighted by atomic mass is 16.3. The Hall–Kier alpha value is -1.95. The number of aromatic nitrogens is 2. The van der Waals surface area contributed by atoms with Gasteiger partial charge in [-0.05, 0) is 19.9 Å². The molecule has 1 aromatic rings. The molecule has 1 amide bonds. The molecule has 6 heteroatoms. The quantitative estimate of drug-likeness (QED) is 0.733. The van der Waals surface area contributed by atoms with Crippen molar-refractivity contribution in [2.24, 2.45) is 0 Å². The van der Waals surface area contributed by atoms with Crippen molar-refractivity contribution in [1.29, 1.82) is 0 Å². The molecule has 0 aliphatic heterocycles. The van der Waals surface area contributed by atoms with Gasteiger partial charge in [0.05, 0.1) is 12.6 Å². The van der Waals surface area contributed by atoms with Crippen molar-refractivity contribution in [2.75, 3.05) is 18.9 Å². The van der Waals surface area contributed by atoms with Gasteiger partial charge >= 0.3 is 0 Å². The van der Waals surface area contributed by atoms with Gasteiger partial charge in [-0.25, -0.2) is 9.97 Å². The Kier molecular flexibility index (Phi) is 5.26. The molecule has 1 aromatic heterocycles. The van der Waals surface area contributed by atoms with E-state index in [0.717, 1.165) is 0 Å². The van der Waals surface area contributed by atoms with E-state index in [0.29, 0.717) is 12.1 Å². The maximum atomic E-state index is 11.9. The molecular weight excluding hydrogens is 232 g/mol. The smallest absolute Gasteiger partial charge is 0.246 e. The Bertz CT molecular complexity index is 417. The molecule has 3 N–H and O–H groups in total. The van der Waals surface area contributed by atoms with E-state index in [1.54, 1.807) is 17.9 Å². The lowest BCUT2D eigenvalue weighted by Gasteiger charge is -2.25. The second-order valence-corrected chi connectivity index (χ2v) is 3.86. The average Bonchev–Trinajstić information content (AvgIpc) is 2.38. The molecule has 0 radical (unpaired) electrons. The summed E-state index contributed by atoms with van der Waals surface area (Å²) in [7, 11) is 0. The standard InChI is InChI=1S/C12H18N4O2/c1-3-16(9(2)8-17)11(18)5-4-10-6-14-12(13)15-7-10/h4-7,9,17H,3,8H2,1-2H3,(H2,13,14,15). The van der Waals surface area contributed by atoms with E-state index in [1.807, 2.05) is 6.92 Å². The van der Waals surface area contributed by atoms with Crippen molar-refractivity contribution >= 4 is 17.9 Å². The van der Waals surface area contributed by atoms with E-state index in [4.69, 9.17) is 10.8 Å². The predicted molar refractivity (Wildman–Crippen MR) is 69.4 cm³/mol. The lowest BCUT2D eigenvalue weighted by Crippen LogP contribution is -2.39. The summed E-state index contributed by atoms with van der Waals surface area (Å²) in [5.74, 6) is 0.0402. The van der Waals surface area contributed by atoms with Crippen LogP contribution in [0.1, 0.15) is 19.4 Å². The van der Waals surface area contributed by atoms with Crippen LogP contribution in [0.4, 0.5) is 5.95 Å². The number of hydrogen-bond donors (Lipinski definition) is 2. The highest BCUT2D eigenvalue weighted by Gasteiger charge is 2.14. The Morgan fingerprint density at radius 3 is 2.67 bits per heavy atom. The van der Waals surface area contributed by atoms with Crippen LogP contribution in [0.3, 0.4) is 0 Å². The summed E-state index contributed by atoms with van der Waals surface area (Å²) in [5, 5.41) is 9.05. The number of nitrogen functional groups attached to an aromatic ring is 1. The summed E-state index contributed by atoms with van der Waals surface area (Å²) in [5.41, 5.74) is 6.06. The normalized spacial score (nSPS) is 12.6. The van der Waals surface area contributed by atoms with Crippen LogP contribution >= 0.6 is 0 Å². The van der Waals surface area contributed by atoms with Crippen LogP contribution in [0.25, 0.3) is 6.08 Å². The molecule has 0 aromatic carbocycles. The van der Waals surface area contributed by atoms with Gasteiger partial charge in [-0.2, -0.15) is 0 Å². The first-order chi connectivity index (χ1) is 8.58. The van der Waals surface area contributed by atoms with Crippen LogP contribution in [0.5, 0.6) is 0 Å². The molecule has 1 heterocycles. The van der Waals surface area contributed by atoms with E-state index >= 15 is 0 Å². The summed E-state index contributed by atoms with van der Waals surface area (Å²) in [6.07, 6.45) is 6.13. The van der Waals surface area contributed by atoms with Gasteiger partial charge in [-0.3, -0.25) is 4.79 Å². The molecule has 1 rings (SSSR count). The van der Waals surface area contributed by atoms with Gasteiger partial charge in [-0.1, -0.05) is 0 Å². The highest BCUT2D eigenvalue weighted by molar-refractivity contribution is 5.91. The fraction of sp³-hybridized carbons (Fsp3) is 0.417. The maximum absolute atomic E-state index is 11.9. The highest BCUT2D eigenvalue weighted by Crippen LogP contribution is 2.03. The van der Waals surface area contributed by atoms with Gasteiger partial charge in [0, 0.05) is 30.6 Å². The van der Waals surface area contributed by atoms with E-state index < -0.39 is 0 Å². The SMILES string of the molecule is CCN(C(=O)C=Cc1cnc(N)nc1)C(C)CO. The number of carbonyl (C=O) groups is 1. The van der Waals surface area contributed by atoms with Crippen molar-refractivity contribution in [1.82, 2.24) is 14.9 Å². The Morgan fingerprint density at radius 2 is 2.17 bits per heavy atom. The van der Waals surface area contributed by atoms with Crippen LogP contribution in [0.2, 0.25) is 0 Å². The number of amides is 1. The third-order valence-electron chi connectivity index (χ3n) is 2.53. The molecule has 0 aliphatic rings. The second-order valence-electron chi connectivity index (χ2n) is 3.86. The third-order valence-corrected chi connectivity index (χ3v) is 2.53. The van der Waals surface area contributed by atoms with Crippen molar-refractivity contribution in [2.45, 2.75) is 19.9 Å². The first-order valence-corrected chi connectivity index (χ1v) is 5.75. The molecule has 0 bridgehead atoms. The largest absolute Gasteiger partial charge is 0.394 e. The van der Waals surface area contributed by atoms with Crippen molar-refractivity contribution in [3.8, 4) is 0 Å². The minimum absolute atomic E-state index is 0.0571. The lowest BCUT2D eigenvalue weighted by atomic mass is 10.2. The van der Waals surface area contributed by atoms with Crippen LogP contribution in [-0.4, -0.2) is 45.1 Å². The van der Waals surface area contributed by atoms with Crippen molar-refractivity contribution < 1.29 is 9.90 Å².